The van der Waals surface area contributed by atoms with Gasteiger partial charge in [0.15, 0.2) is 5.67 Å². The van der Waals surface area contributed by atoms with Gasteiger partial charge in [0.2, 0.25) is 0 Å². The fraction of sp³-hybridized carbons (Fsp3) is 0.500. The van der Waals surface area contributed by atoms with E-state index in [0.717, 1.165) is 0 Å². The number of alkyl carbamates (subject to hydrolysis) is 1. The van der Waals surface area contributed by atoms with Crippen molar-refractivity contribution in [1.29, 1.82) is 0 Å². The molecule has 0 heterocycles. The van der Waals surface area contributed by atoms with E-state index in [1.807, 2.05) is 0 Å². The molecule has 0 aliphatic heterocycles. The van der Waals surface area contributed by atoms with Crippen LogP contribution >= 0.6 is 11.6 Å². The van der Waals surface area contributed by atoms with Crippen LogP contribution in [-0.2, 0) is 10.4 Å². The lowest BCUT2D eigenvalue weighted by Gasteiger charge is -2.20. The van der Waals surface area contributed by atoms with E-state index in [1.54, 1.807) is 45.0 Å². The maximum absolute atomic E-state index is 14.5. The predicted octanol–water partition coefficient (Wildman–Crippen LogP) is 3.80. The number of alkyl halides is 1. The van der Waals surface area contributed by atoms with E-state index >= 15 is 0 Å². The minimum atomic E-state index is -1.51. The third kappa shape index (κ3) is 3.38. The van der Waals surface area contributed by atoms with Gasteiger partial charge in [-0.15, -0.1) is 0 Å². The first-order valence-electron chi connectivity index (χ1n) is 6.15. The van der Waals surface area contributed by atoms with Crippen molar-refractivity contribution in [3.05, 3.63) is 34.9 Å². The van der Waals surface area contributed by atoms with Gasteiger partial charge in [-0.1, -0.05) is 23.7 Å². The second-order valence-corrected chi connectivity index (χ2v) is 6.21. The van der Waals surface area contributed by atoms with Crippen LogP contribution in [0.1, 0.15) is 32.8 Å². The average molecular weight is 286 g/mol. The zero-order chi connectivity index (χ0) is 14.3. The molecule has 1 aromatic rings. The summed E-state index contributed by atoms with van der Waals surface area (Å²) < 4.78 is 19.6. The minimum Gasteiger partial charge on any atom is -0.444 e. The summed E-state index contributed by atoms with van der Waals surface area (Å²) in [6.45, 7) is 5.30. The summed E-state index contributed by atoms with van der Waals surface area (Å²) in [5, 5.41) is 3.10. The van der Waals surface area contributed by atoms with Crippen molar-refractivity contribution in [3.63, 3.8) is 0 Å². The molecule has 0 saturated heterocycles. The predicted molar refractivity (Wildman–Crippen MR) is 72.0 cm³/mol. The molecule has 2 atom stereocenters. The van der Waals surface area contributed by atoms with Crippen LogP contribution in [0.2, 0.25) is 5.02 Å². The highest BCUT2D eigenvalue weighted by molar-refractivity contribution is 6.30. The molecule has 1 amide bonds. The molecule has 104 valence electrons. The molecular formula is C14H17ClFNO2. The van der Waals surface area contributed by atoms with Gasteiger partial charge in [0.25, 0.3) is 0 Å². The Morgan fingerprint density at radius 2 is 2.00 bits per heavy atom. The number of nitrogens with one attached hydrogen (secondary N) is 1. The van der Waals surface area contributed by atoms with Gasteiger partial charge in [0.05, 0.1) is 6.04 Å². The molecule has 5 heteroatoms. The first-order chi connectivity index (χ1) is 8.71. The fourth-order valence-electron chi connectivity index (χ4n) is 1.90. The monoisotopic (exact) mass is 285 g/mol. The van der Waals surface area contributed by atoms with Crippen molar-refractivity contribution in [2.24, 2.45) is 0 Å². The lowest BCUT2D eigenvalue weighted by Crippen LogP contribution is -2.35. The Morgan fingerprint density at radius 1 is 1.42 bits per heavy atom. The number of hydrogen-bond donors (Lipinski definition) is 1. The Morgan fingerprint density at radius 3 is 2.53 bits per heavy atom. The van der Waals surface area contributed by atoms with Crippen LogP contribution in [-0.4, -0.2) is 17.7 Å². The SMILES string of the molecule is CC(C)(C)OC(=O)N[C@@H]1C[C@@]1(F)c1ccc(Cl)cc1. The fourth-order valence-corrected chi connectivity index (χ4v) is 2.03. The Balaban J connectivity index is 1.96. The second kappa shape index (κ2) is 4.67. The number of rotatable bonds is 2. The van der Waals surface area contributed by atoms with Crippen LogP contribution in [0, 0.1) is 0 Å². The molecule has 1 fully saturated rings. The highest BCUT2D eigenvalue weighted by Crippen LogP contribution is 2.50. The molecule has 0 unspecified atom stereocenters. The van der Waals surface area contributed by atoms with E-state index in [2.05, 4.69) is 5.32 Å². The number of carbonyl (C=O) groups is 1. The van der Waals surface area contributed by atoms with Crippen molar-refractivity contribution >= 4 is 17.7 Å². The summed E-state index contributed by atoms with van der Waals surface area (Å²) in [5.41, 5.74) is -1.57. The van der Waals surface area contributed by atoms with E-state index in [9.17, 15) is 9.18 Å². The van der Waals surface area contributed by atoms with Gasteiger partial charge in [0.1, 0.15) is 5.60 Å². The number of halogens is 2. The Kier molecular flexibility index (Phi) is 3.47. The lowest BCUT2D eigenvalue weighted by atomic mass is 10.1. The molecule has 3 nitrogen and oxygen atoms in total. The molecule has 1 aromatic carbocycles. The maximum atomic E-state index is 14.5. The molecule has 1 saturated carbocycles. The first-order valence-corrected chi connectivity index (χ1v) is 6.53. The van der Waals surface area contributed by atoms with Crippen LogP contribution in [0.4, 0.5) is 9.18 Å². The van der Waals surface area contributed by atoms with Crippen LogP contribution in [0.15, 0.2) is 24.3 Å². The highest BCUT2D eigenvalue weighted by Gasteiger charge is 2.58. The van der Waals surface area contributed by atoms with Gasteiger partial charge in [-0.3, -0.25) is 0 Å². The highest BCUT2D eigenvalue weighted by atomic mass is 35.5. The molecule has 0 spiro atoms. The van der Waals surface area contributed by atoms with E-state index < -0.39 is 23.4 Å². The van der Waals surface area contributed by atoms with Gasteiger partial charge < -0.3 is 10.1 Å². The van der Waals surface area contributed by atoms with E-state index in [4.69, 9.17) is 16.3 Å². The van der Waals surface area contributed by atoms with Gasteiger partial charge in [-0.25, -0.2) is 9.18 Å². The Bertz CT molecular complexity index is 483. The van der Waals surface area contributed by atoms with Crippen LogP contribution in [0.25, 0.3) is 0 Å². The standard InChI is InChI=1S/C14H17ClFNO2/c1-13(2,3)19-12(18)17-11-8-14(11,16)9-4-6-10(15)7-5-9/h4-7,11H,8H2,1-3H3,(H,17,18)/t11-,14-/m1/s1. The molecule has 1 aliphatic rings. The largest absolute Gasteiger partial charge is 0.444 e. The van der Waals surface area contributed by atoms with Gasteiger partial charge >= 0.3 is 6.09 Å². The van der Waals surface area contributed by atoms with Gasteiger partial charge in [-0.2, -0.15) is 0 Å². The minimum absolute atomic E-state index is 0.258. The second-order valence-electron chi connectivity index (χ2n) is 5.77. The quantitative estimate of drug-likeness (QED) is 0.897. The number of ether oxygens (including phenoxy) is 1. The molecule has 1 N–H and O–H groups in total. The number of amides is 1. The summed E-state index contributed by atoms with van der Waals surface area (Å²) in [6.07, 6.45) is -0.334. The van der Waals surface area contributed by atoms with Crippen LogP contribution in [0.5, 0.6) is 0 Å². The van der Waals surface area contributed by atoms with Crippen LogP contribution in [0.3, 0.4) is 0 Å². The number of benzene rings is 1. The van der Waals surface area contributed by atoms with Crippen molar-refractivity contribution in [2.75, 3.05) is 0 Å². The molecular weight excluding hydrogens is 269 g/mol. The summed E-state index contributed by atoms with van der Waals surface area (Å²) in [7, 11) is 0. The molecule has 19 heavy (non-hydrogen) atoms. The van der Waals surface area contributed by atoms with E-state index in [1.165, 1.54) is 0 Å². The summed E-state index contributed by atoms with van der Waals surface area (Å²) in [6, 6.07) is 6.02. The zero-order valence-electron chi connectivity index (χ0n) is 11.2. The maximum Gasteiger partial charge on any atom is 0.407 e. The van der Waals surface area contributed by atoms with Crippen molar-refractivity contribution in [1.82, 2.24) is 5.32 Å². The first kappa shape index (κ1) is 14.1. The summed E-state index contributed by atoms with van der Waals surface area (Å²) in [4.78, 5) is 11.6. The van der Waals surface area contributed by atoms with Crippen molar-refractivity contribution in [3.8, 4) is 0 Å². The van der Waals surface area contributed by atoms with Crippen molar-refractivity contribution < 1.29 is 13.9 Å². The third-order valence-corrected chi connectivity index (χ3v) is 3.16. The Hall–Kier alpha value is -1.29. The van der Waals surface area contributed by atoms with Crippen molar-refractivity contribution in [2.45, 2.75) is 44.5 Å². The third-order valence-electron chi connectivity index (χ3n) is 2.91. The van der Waals surface area contributed by atoms with Gasteiger partial charge in [-0.05, 0) is 38.5 Å². The topological polar surface area (TPSA) is 38.3 Å². The lowest BCUT2D eigenvalue weighted by molar-refractivity contribution is 0.0511. The average Bonchev–Trinajstić information content (AvgIpc) is 2.88. The summed E-state index contributed by atoms with van der Waals surface area (Å²) in [5.74, 6) is 0. The van der Waals surface area contributed by atoms with E-state index in [-0.39, 0.29) is 6.42 Å². The smallest absolute Gasteiger partial charge is 0.407 e. The number of carbonyl (C=O) groups excluding carboxylic acids is 1. The Labute approximate surface area is 117 Å². The van der Waals surface area contributed by atoms with E-state index in [0.29, 0.717) is 10.6 Å². The number of hydrogen-bond acceptors (Lipinski definition) is 2. The molecule has 2 rings (SSSR count). The molecule has 0 radical (unpaired) electrons. The van der Waals surface area contributed by atoms with Gasteiger partial charge in [0, 0.05) is 11.4 Å². The molecule has 0 aromatic heterocycles. The zero-order valence-corrected chi connectivity index (χ0v) is 11.9. The van der Waals surface area contributed by atoms with Crippen LogP contribution < -0.4 is 5.32 Å². The normalized spacial score (nSPS) is 25.8. The summed E-state index contributed by atoms with van der Waals surface area (Å²) >= 11 is 5.76. The molecule has 0 bridgehead atoms. The molecule has 1 aliphatic carbocycles.